The van der Waals surface area contributed by atoms with Crippen molar-refractivity contribution < 1.29 is 9.85 Å². The Morgan fingerprint density at radius 2 is 1.59 bits per heavy atom. The number of nitro benzene ring substituents is 2. The van der Waals surface area contributed by atoms with Gasteiger partial charge in [-0.05, 0) is 11.5 Å². The summed E-state index contributed by atoms with van der Waals surface area (Å²) in [6.45, 7) is 0. The van der Waals surface area contributed by atoms with Crippen LogP contribution in [0.15, 0.2) is 41.2 Å². The second-order valence-electron chi connectivity index (χ2n) is 5.03. The minimum Gasteiger partial charge on any atom is -0.289 e. The van der Waals surface area contributed by atoms with Gasteiger partial charge in [0.05, 0.1) is 15.2 Å². The highest BCUT2D eigenvalue weighted by Gasteiger charge is 2.31. The third-order valence-electron chi connectivity index (χ3n) is 3.96. The number of nitrogens with zero attached hydrogens (tertiary/aromatic N) is 2. The van der Waals surface area contributed by atoms with Crippen LogP contribution in [0.5, 0.6) is 0 Å². The summed E-state index contributed by atoms with van der Waals surface area (Å²) in [5.74, 6) is 0. The molecule has 0 saturated heterocycles. The Morgan fingerprint density at radius 1 is 0.818 bits per heavy atom. The van der Waals surface area contributed by atoms with Crippen LogP contribution in [0.25, 0.3) is 32.3 Å². The molecule has 0 radical (unpaired) electrons. The molecule has 0 aliphatic carbocycles. The Labute approximate surface area is 121 Å². The van der Waals surface area contributed by atoms with Crippen molar-refractivity contribution in [2.45, 2.75) is 0 Å². The second kappa shape index (κ2) is 3.85. The maximum atomic E-state index is 12.5. The first-order chi connectivity index (χ1) is 10.5. The van der Waals surface area contributed by atoms with Crippen molar-refractivity contribution in [2.24, 2.45) is 0 Å². The van der Waals surface area contributed by atoms with E-state index in [0.29, 0.717) is 16.2 Å². The van der Waals surface area contributed by atoms with Crippen LogP contribution in [0.2, 0.25) is 0 Å². The van der Waals surface area contributed by atoms with Crippen molar-refractivity contribution in [3.63, 3.8) is 0 Å². The van der Waals surface area contributed by atoms with Gasteiger partial charge in [-0.2, -0.15) is 0 Å². The molecule has 0 aliphatic rings. The van der Waals surface area contributed by atoms with Gasteiger partial charge < -0.3 is 0 Å². The minimum absolute atomic E-state index is 0.125. The van der Waals surface area contributed by atoms with Crippen LogP contribution in [0.3, 0.4) is 0 Å². The van der Waals surface area contributed by atoms with Gasteiger partial charge in [0.15, 0.2) is 5.43 Å². The molecule has 0 bridgehead atoms. The van der Waals surface area contributed by atoms with Crippen LogP contribution >= 0.6 is 0 Å². The number of rotatable bonds is 2. The molecule has 0 spiro atoms. The highest BCUT2D eigenvalue weighted by atomic mass is 16.6. The van der Waals surface area contributed by atoms with Gasteiger partial charge in [0.2, 0.25) is 0 Å². The molecule has 7 nitrogen and oxygen atoms in total. The molecule has 0 aromatic heterocycles. The van der Waals surface area contributed by atoms with Crippen molar-refractivity contribution in [3.8, 4) is 0 Å². The Kier molecular flexibility index (Phi) is 2.17. The lowest BCUT2D eigenvalue weighted by molar-refractivity contribution is -0.421. The van der Waals surface area contributed by atoms with Crippen LogP contribution in [0.1, 0.15) is 0 Å². The van der Waals surface area contributed by atoms with Gasteiger partial charge in [-0.1, -0.05) is 24.3 Å². The van der Waals surface area contributed by atoms with Crippen molar-refractivity contribution in [3.05, 3.63) is 66.9 Å². The SMILES string of the molecule is O=c1c2cccc3ccc4c([N+](=O)[O-])c([N+](=O)[O-])cc1c4c32. The highest BCUT2D eigenvalue weighted by Crippen LogP contribution is 2.42. The predicted octanol–water partition coefficient (Wildman–Crippen LogP) is 3.20. The molecular weight excluding hydrogens is 288 g/mol. The molecule has 4 aromatic rings. The number of nitro groups is 2. The average molecular weight is 294 g/mol. The van der Waals surface area contributed by atoms with Crippen LogP contribution < -0.4 is 5.43 Å². The normalized spacial score (nSPS) is 11.6. The van der Waals surface area contributed by atoms with Gasteiger partial charge in [0, 0.05) is 27.6 Å². The lowest BCUT2D eigenvalue weighted by atomic mass is 10.00. The highest BCUT2D eigenvalue weighted by molar-refractivity contribution is 6.28. The van der Waals surface area contributed by atoms with Crippen LogP contribution in [-0.2, 0) is 0 Å². The maximum absolute atomic E-state index is 12.5. The second-order valence-corrected chi connectivity index (χ2v) is 5.03. The monoisotopic (exact) mass is 294 g/mol. The van der Waals surface area contributed by atoms with Gasteiger partial charge in [0.25, 0.3) is 0 Å². The third kappa shape index (κ3) is 1.32. The lowest BCUT2D eigenvalue weighted by Crippen LogP contribution is -2.00. The summed E-state index contributed by atoms with van der Waals surface area (Å²) < 4.78 is 0. The summed E-state index contributed by atoms with van der Waals surface area (Å²) in [7, 11) is 0. The van der Waals surface area contributed by atoms with Crippen LogP contribution in [-0.4, -0.2) is 9.85 Å². The van der Waals surface area contributed by atoms with Gasteiger partial charge in [-0.3, -0.25) is 25.0 Å². The topological polar surface area (TPSA) is 103 Å². The molecule has 4 rings (SSSR count). The first-order valence-corrected chi connectivity index (χ1v) is 6.36. The summed E-state index contributed by atoms with van der Waals surface area (Å²) in [5.41, 5.74) is -1.57. The Hall–Kier alpha value is -3.35. The Morgan fingerprint density at radius 3 is 2.27 bits per heavy atom. The van der Waals surface area contributed by atoms with Crippen molar-refractivity contribution in [1.82, 2.24) is 0 Å². The molecule has 0 amide bonds. The fourth-order valence-electron chi connectivity index (χ4n) is 3.12. The Balaban J connectivity index is 2.43. The van der Waals surface area contributed by atoms with E-state index in [0.717, 1.165) is 11.5 Å². The molecule has 22 heavy (non-hydrogen) atoms. The van der Waals surface area contributed by atoms with E-state index < -0.39 is 21.2 Å². The van der Waals surface area contributed by atoms with E-state index in [9.17, 15) is 25.0 Å². The zero-order chi connectivity index (χ0) is 15.6. The summed E-state index contributed by atoms with van der Waals surface area (Å²) in [4.78, 5) is 33.3. The van der Waals surface area contributed by atoms with Gasteiger partial charge in [0.1, 0.15) is 0 Å². The zero-order valence-electron chi connectivity index (χ0n) is 10.9. The summed E-state index contributed by atoms with van der Waals surface area (Å²) in [6, 6.07) is 9.27. The summed E-state index contributed by atoms with van der Waals surface area (Å²) in [6.07, 6.45) is 0. The Bertz CT molecular complexity index is 1150. The molecule has 0 unspecified atom stereocenters. The molecule has 0 fully saturated rings. The zero-order valence-corrected chi connectivity index (χ0v) is 10.9. The van der Waals surface area contributed by atoms with E-state index in [1.807, 2.05) is 0 Å². The van der Waals surface area contributed by atoms with Crippen LogP contribution in [0, 0.1) is 20.2 Å². The number of benzene rings is 3. The number of hydrogen-bond donors (Lipinski definition) is 0. The molecule has 0 N–H and O–H groups in total. The van der Waals surface area contributed by atoms with Crippen molar-refractivity contribution >= 4 is 43.7 Å². The van der Waals surface area contributed by atoms with Gasteiger partial charge in [-0.15, -0.1) is 0 Å². The predicted molar refractivity (Wildman–Crippen MR) is 80.9 cm³/mol. The van der Waals surface area contributed by atoms with Gasteiger partial charge in [-0.25, -0.2) is 0 Å². The van der Waals surface area contributed by atoms with E-state index in [4.69, 9.17) is 0 Å². The smallest absolute Gasteiger partial charge is 0.289 e. The van der Waals surface area contributed by atoms with Gasteiger partial charge >= 0.3 is 11.4 Å². The average Bonchev–Trinajstić information content (AvgIpc) is 2.78. The van der Waals surface area contributed by atoms with E-state index in [-0.39, 0.29) is 16.2 Å². The summed E-state index contributed by atoms with van der Waals surface area (Å²) in [5, 5.41) is 25.0. The molecule has 0 heterocycles. The van der Waals surface area contributed by atoms with Crippen molar-refractivity contribution in [1.29, 1.82) is 0 Å². The molecule has 7 heteroatoms. The molecular formula is C15H6N2O5. The van der Waals surface area contributed by atoms with Crippen molar-refractivity contribution in [2.75, 3.05) is 0 Å². The van der Waals surface area contributed by atoms with E-state index in [1.165, 1.54) is 6.07 Å². The summed E-state index contributed by atoms with van der Waals surface area (Å²) >= 11 is 0. The molecule has 106 valence electrons. The van der Waals surface area contributed by atoms with E-state index in [2.05, 4.69) is 0 Å². The number of hydrogen-bond acceptors (Lipinski definition) is 5. The van der Waals surface area contributed by atoms with E-state index in [1.54, 1.807) is 24.3 Å². The first kappa shape index (κ1) is 12.4. The maximum Gasteiger partial charge on any atom is 0.353 e. The molecule has 0 atom stereocenters. The molecule has 0 aliphatic heterocycles. The largest absolute Gasteiger partial charge is 0.353 e. The fourth-order valence-corrected chi connectivity index (χ4v) is 3.12. The first-order valence-electron chi connectivity index (χ1n) is 6.36. The minimum atomic E-state index is -0.825. The fraction of sp³-hybridized carbons (Fsp3) is 0. The standard InChI is InChI=1S/C15H6N2O5/c18-15-9-3-1-2-7-4-5-8-13(12(7)9)10(15)6-11(16(19)20)14(8)17(21)22/h1-6H. The van der Waals surface area contributed by atoms with E-state index >= 15 is 0 Å². The lowest BCUT2D eigenvalue weighted by Gasteiger charge is -2.03. The molecule has 4 aromatic carbocycles. The van der Waals surface area contributed by atoms with Crippen LogP contribution in [0.4, 0.5) is 11.4 Å². The quantitative estimate of drug-likeness (QED) is 0.321. The third-order valence-corrected chi connectivity index (χ3v) is 3.96. The molecule has 0 saturated carbocycles.